The van der Waals surface area contributed by atoms with Crippen molar-refractivity contribution in [2.45, 2.75) is 0 Å². The van der Waals surface area contributed by atoms with E-state index >= 15 is 0 Å². The van der Waals surface area contributed by atoms with Crippen molar-refractivity contribution in [1.82, 2.24) is 18.5 Å². The van der Waals surface area contributed by atoms with Crippen LogP contribution in [0.4, 0.5) is 0 Å². The second kappa shape index (κ2) is 10.3. The van der Waals surface area contributed by atoms with Gasteiger partial charge in [0.1, 0.15) is 0 Å². The van der Waals surface area contributed by atoms with Crippen molar-refractivity contribution in [3.8, 4) is 22.5 Å². The molecule has 0 bridgehead atoms. The molecule has 0 saturated heterocycles. The molecular weight excluding hydrogens is 633 g/mol. The van der Waals surface area contributed by atoms with Gasteiger partial charge in [0.15, 0.2) is 4.96 Å². The van der Waals surface area contributed by atoms with Crippen LogP contribution in [0.2, 0.25) is 0 Å². The Balaban J connectivity index is 1.09. The third-order valence-corrected chi connectivity index (χ3v) is 11.1. The maximum absolute atomic E-state index is 13.5. The van der Waals surface area contributed by atoms with Gasteiger partial charge in [-0.1, -0.05) is 90.2 Å². The summed E-state index contributed by atoms with van der Waals surface area (Å²) >= 11 is 1.55. The highest BCUT2D eigenvalue weighted by molar-refractivity contribution is 7.23. The Kier molecular flexibility index (Phi) is 5.63. The number of hydrogen-bond donors (Lipinski definition) is 0. The number of nitrogens with zero attached hydrogens (tertiary/aromatic N) is 4. The summed E-state index contributed by atoms with van der Waals surface area (Å²) in [6, 6.07) is 55.4. The van der Waals surface area contributed by atoms with E-state index in [0.29, 0.717) is 10.3 Å². The van der Waals surface area contributed by atoms with Crippen LogP contribution in [0.5, 0.6) is 0 Å². The first-order valence-corrected chi connectivity index (χ1v) is 17.5. The lowest BCUT2D eigenvalue weighted by molar-refractivity contribution is 1.15. The Bertz CT molecular complexity index is 3240. The van der Waals surface area contributed by atoms with E-state index in [1.54, 1.807) is 15.7 Å². The average molecular weight is 659 g/mol. The lowest BCUT2D eigenvalue weighted by Crippen LogP contribution is -2.13. The molecule has 50 heavy (non-hydrogen) atoms. The summed E-state index contributed by atoms with van der Waals surface area (Å²) in [6.07, 6.45) is 0. The second-order valence-electron chi connectivity index (χ2n) is 12.8. The van der Waals surface area contributed by atoms with Gasteiger partial charge < -0.3 is 9.13 Å². The van der Waals surface area contributed by atoms with E-state index in [1.165, 1.54) is 43.7 Å². The first kappa shape index (κ1) is 27.5. The monoisotopic (exact) mass is 658 g/mol. The third kappa shape index (κ3) is 3.82. The van der Waals surface area contributed by atoms with Crippen molar-refractivity contribution in [2.24, 2.45) is 0 Å². The van der Waals surface area contributed by atoms with Gasteiger partial charge in [0.2, 0.25) is 0 Å². The second-order valence-corrected chi connectivity index (χ2v) is 13.8. The molecule has 6 heteroatoms. The summed E-state index contributed by atoms with van der Waals surface area (Å²) in [6.45, 7) is 0. The van der Waals surface area contributed by atoms with E-state index in [9.17, 15) is 4.79 Å². The molecule has 0 radical (unpaired) electrons. The molecule has 0 atom stereocenters. The van der Waals surface area contributed by atoms with Crippen LogP contribution >= 0.6 is 11.3 Å². The van der Waals surface area contributed by atoms with Gasteiger partial charge in [-0.15, -0.1) is 0 Å². The number of para-hydroxylation sites is 4. The molecule has 0 N–H and O–H groups in total. The Morgan fingerprint density at radius 3 is 1.66 bits per heavy atom. The van der Waals surface area contributed by atoms with Gasteiger partial charge in [-0.2, -0.15) is 0 Å². The van der Waals surface area contributed by atoms with Crippen LogP contribution in [0.1, 0.15) is 0 Å². The number of benzene rings is 7. The quantitative estimate of drug-likeness (QED) is 0.190. The fourth-order valence-electron chi connectivity index (χ4n) is 7.84. The lowest BCUT2D eigenvalue weighted by atomic mass is 10.0. The molecule has 0 saturated carbocycles. The minimum atomic E-state index is -0.0307. The molecule has 4 aromatic heterocycles. The van der Waals surface area contributed by atoms with E-state index in [2.05, 4.69) is 143 Å². The first-order valence-electron chi connectivity index (χ1n) is 16.7. The molecule has 11 aromatic rings. The molecule has 0 unspecified atom stereocenters. The number of hydrogen-bond acceptors (Lipinski definition) is 3. The highest BCUT2D eigenvalue weighted by Crippen LogP contribution is 2.39. The van der Waals surface area contributed by atoms with Crippen LogP contribution in [0, 0.1) is 0 Å². The number of rotatable bonds is 3. The summed E-state index contributed by atoms with van der Waals surface area (Å²) in [5.74, 6) is 0. The largest absolute Gasteiger partial charge is 0.309 e. The van der Waals surface area contributed by atoms with Crippen molar-refractivity contribution in [3.63, 3.8) is 0 Å². The van der Waals surface area contributed by atoms with E-state index < -0.39 is 0 Å². The van der Waals surface area contributed by atoms with Gasteiger partial charge in [0, 0.05) is 32.9 Å². The van der Waals surface area contributed by atoms with Crippen molar-refractivity contribution < 1.29 is 0 Å². The third-order valence-electron chi connectivity index (χ3n) is 10.1. The highest BCUT2D eigenvalue weighted by atomic mass is 32.1. The Labute approximate surface area is 289 Å². The molecule has 5 nitrogen and oxygen atoms in total. The summed E-state index contributed by atoms with van der Waals surface area (Å²) < 4.78 is 7.46. The van der Waals surface area contributed by atoms with E-state index in [4.69, 9.17) is 4.98 Å². The number of thiazole rings is 1. The van der Waals surface area contributed by atoms with Crippen LogP contribution in [0.3, 0.4) is 0 Å². The van der Waals surface area contributed by atoms with Crippen LogP contribution < -0.4 is 5.56 Å². The molecule has 0 aliphatic carbocycles. The van der Waals surface area contributed by atoms with E-state index in [-0.39, 0.29) is 5.56 Å². The number of aromatic nitrogens is 4. The minimum absolute atomic E-state index is 0.0307. The van der Waals surface area contributed by atoms with Crippen LogP contribution in [0.15, 0.2) is 163 Å². The van der Waals surface area contributed by atoms with Crippen molar-refractivity contribution in [2.75, 3.05) is 0 Å². The van der Waals surface area contributed by atoms with E-state index in [0.717, 1.165) is 38.1 Å². The molecule has 0 spiro atoms. The molecule has 234 valence electrons. The van der Waals surface area contributed by atoms with Gasteiger partial charge in [0.05, 0.1) is 43.2 Å². The fraction of sp³-hybridized carbons (Fsp3) is 0. The molecule has 0 amide bonds. The molecule has 7 aromatic carbocycles. The molecule has 4 heterocycles. The van der Waals surface area contributed by atoms with Crippen LogP contribution in [0.25, 0.3) is 92.2 Å². The molecule has 0 aliphatic heterocycles. The first-order chi connectivity index (χ1) is 24.7. The zero-order chi connectivity index (χ0) is 32.9. The molecule has 11 rings (SSSR count). The topological polar surface area (TPSA) is 44.2 Å². The maximum Gasteiger partial charge on any atom is 0.266 e. The van der Waals surface area contributed by atoms with E-state index in [1.807, 2.05) is 24.3 Å². The highest BCUT2D eigenvalue weighted by Gasteiger charge is 2.18. The van der Waals surface area contributed by atoms with Gasteiger partial charge >= 0.3 is 0 Å². The van der Waals surface area contributed by atoms with Crippen molar-refractivity contribution in [1.29, 1.82) is 0 Å². The smallest absolute Gasteiger partial charge is 0.266 e. The zero-order valence-electron chi connectivity index (χ0n) is 26.6. The predicted molar refractivity (Wildman–Crippen MR) is 208 cm³/mol. The zero-order valence-corrected chi connectivity index (χ0v) is 27.4. The predicted octanol–water partition coefficient (Wildman–Crippen LogP) is 10.9. The van der Waals surface area contributed by atoms with Gasteiger partial charge in [-0.3, -0.25) is 9.20 Å². The summed E-state index contributed by atoms with van der Waals surface area (Å²) in [4.78, 5) is 19.0. The van der Waals surface area contributed by atoms with Gasteiger partial charge in [-0.05, 0) is 90.0 Å². The summed E-state index contributed by atoms with van der Waals surface area (Å²) in [7, 11) is 0. The fourth-order valence-corrected chi connectivity index (χ4v) is 8.90. The SMILES string of the molecule is O=c1c2ccccc2nc2sc3cc(-n4c5ccccc5c5cc(-c6ccc7c(c6)c6ccccc6n7-c6ccccc6)ccc54)ccc3n12. The lowest BCUT2D eigenvalue weighted by Gasteiger charge is -2.09. The molecule has 0 aliphatic rings. The van der Waals surface area contributed by atoms with Crippen LogP contribution in [-0.2, 0) is 0 Å². The Morgan fingerprint density at radius 1 is 0.440 bits per heavy atom. The maximum atomic E-state index is 13.5. The normalized spacial score (nSPS) is 12.1. The van der Waals surface area contributed by atoms with Crippen LogP contribution in [-0.4, -0.2) is 18.5 Å². The van der Waals surface area contributed by atoms with Gasteiger partial charge in [0.25, 0.3) is 5.56 Å². The minimum Gasteiger partial charge on any atom is -0.309 e. The Hall–Kier alpha value is -6.50. The number of fused-ring (bicyclic) bond motifs is 10. The van der Waals surface area contributed by atoms with Gasteiger partial charge in [-0.25, -0.2) is 4.98 Å². The molecular formula is C44H26N4OS. The average Bonchev–Trinajstić information content (AvgIpc) is 3.82. The molecule has 0 fully saturated rings. The Morgan fingerprint density at radius 2 is 0.980 bits per heavy atom. The standard InChI is InChI=1S/C44H26N4OS/c49-43-33-14-4-7-15-36(33)45-44-48(43)41-23-20-30(26-42(41)50-44)47-38-17-9-6-13-32(38)35-25-28(19-22-40(35)47)27-18-21-39-34(24-27)31-12-5-8-16-37(31)46(39)29-10-2-1-3-11-29/h1-26H. The van der Waals surface area contributed by atoms with Crippen molar-refractivity contribution >= 4 is 81.0 Å². The van der Waals surface area contributed by atoms with Crippen molar-refractivity contribution in [3.05, 3.63) is 168 Å². The summed E-state index contributed by atoms with van der Waals surface area (Å²) in [5, 5.41) is 5.51. The summed E-state index contributed by atoms with van der Waals surface area (Å²) in [5.41, 5.74) is 10.8.